The lowest BCUT2D eigenvalue weighted by molar-refractivity contribution is -0.131. The summed E-state index contributed by atoms with van der Waals surface area (Å²) < 4.78 is 5.33. The van der Waals surface area contributed by atoms with Crippen LogP contribution < -0.4 is 5.32 Å². The number of carbonyl (C=O) groups is 1. The second kappa shape index (κ2) is 5.66. The number of carbonyl (C=O) groups excluding carboxylic acids is 1. The van der Waals surface area contributed by atoms with Crippen LogP contribution in [0.25, 0.3) is 0 Å². The fourth-order valence-electron chi connectivity index (χ4n) is 1.53. The van der Waals surface area contributed by atoms with E-state index in [0.717, 1.165) is 12.8 Å². The predicted molar refractivity (Wildman–Crippen MR) is 54.6 cm³/mol. The molecule has 3 heteroatoms. The Labute approximate surface area is 85.2 Å². The molecule has 3 nitrogen and oxygen atoms in total. The van der Waals surface area contributed by atoms with Gasteiger partial charge in [-0.05, 0) is 18.8 Å². The second-order valence-corrected chi connectivity index (χ2v) is 3.66. The molecule has 1 heterocycles. The lowest BCUT2D eigenvalue weighted by Crippen LogP contribution is -2.37. The first-order valence-corrected chi connectivity index (χ1v) is 5.08. The minimum atomic E-state index is -0.249. The summed E-state index contributed by atoms with van der Waals surface area (Å²) in [5, 5.41) is 2.83. The third kappa shape index (κ3) is 3.04. The van der Waals surface area contributed by atoms with Crippen LogP contribution in [0.15, 0.2) is 0 Å². The van der Waals surface area contributed by atoms with Gasteiger partial charge in [0, 0.05) is 19.6 Å². The monoisotopic (exact) mass is 195 g/mol. The highest BCUT2D eigenvalue weighted by atomic mass is 16.5. The molecule has 1 rings (SSSR count). The van der Waals surface area contributed by atoms with E-state index in [1.165, 1.54) is 0 Å². The maximum absolute atomic E-state index is 11.5. The van der Waals surface area contributed by atoms with Crippen molar-refractivity contribution in [2.75, 3.05) is 13.2 Å². The van der Waals surface area contributed by atoms with Gasteiger partial charge in [-0.1, -0.05) is 6.92 Å². The van der Waals surface area contributed by atoms with Gasteiger partial charge in [-0.15, -0.1) is 12.3 Å². The van der Waals surface area contributed by atoms with E-state index in [9.17, 15) is 4.79 Å². The van der Waals surface area contributed by atoms with Crippen LogP contribution in [-0.2, 0) is 9.53 Å². The van der Waals surface area contributed by atoms with E-state index >= 15 is 0 Å². The molecule has 1 N–H and O–H groups in total. The van der Waals surface area contributed by atoms with Crippen LogP contribution >= 0.6 is 0 Å². The smallest absolute Gasteiger partial charge is 0.249 e. The zero-order chi connectivity index (χ0) is 10.4. The Balaban J connectivity index is 2.18. The predicted octanol–water partition coefficient (Wildman–Crippen LogP) is 0.941. The molecule has 0 aromatic rings. The summed E-state index contributed by atoms with van der Waals surface area (Å²) in [6, 6.07) is 0. The molecule has 0 aromatic carbocycles. The number of rotatable bonds is 4. The number of hydrogen-bond acceptors (Lipinski definition) is 2. The minimum absolute atomic E-state index is 0.00650. The molecule has 1 fully saturated rings. The Morgan fingerprint density at radius 2 is 2.50 bits per heavy atom. The highest BCUT2D eigenvalue weighted by molar-refractivity contribution is 5.81. The second-order valence-electron chi connectivity index (χ2n) is 3.66. The summed E-state index contributed by atoms with van der Waals surface area (Å²) in [5.74, 6) is 2.88. The van der Waals surface area contributed by atoms with Gasteiger partial charge in [0.05, 0.1) is 0 Å². The molecule has 1 aliphatic heterocycles. The maximum atomic E-state index is 11.5. The van der Waals surface area contributed by atoms with Gasteiger partial charge in [-0.25, -0.2) is 0 Å². The third-order valence-electron chi connectivity index (χ3n) is 2.44. The molecule has 78 valence electrons. The molecule has 0 radical (unpaired) electrons. The topological polar surface area (TPSA) is 38.3 Å². The van der Waals surface area contributed by atoms with Crippen LogP contribution in [-0.4, -0.2) is 25.2 Å². The van der Waals surface area contributed by atoms with Crippen molar-refractivity contribution in [1.82, 2.24) is 5.32 Å². The summed E-state index contributed by atoms with van der Waals surface area (Å²) in [5.41, 5.74) is 0. The highest BCUT2D eigenvalue weighted by Gasteiger charge is 2.30. The molecule has 0 aliphatic carbocycles. The SMILES string of the molecule is C#CCCCNC(=O)C1OCCC1C. The molecule has 0 bridgehead atoms. The van der Waals surface area contributed by atoms with Gasteiger partial charge in [0.2, 0.25) is 5.91 Å². The van der Waals surface area contributed by atoms with Crippen LogP contribution in [0.4, 0.5) is 0 Å². The van der Waals surface area contributed by atoms with Crippen molar-refractivity contribution < 1.29 is 9.53 Å². The lowest BCUT2D eigenvalue weighted by Gasteiger charge is -2.13. The van der Waals surface area contributed by atoms with Crippen LogP contribution in [0.3, 0.4) is 0 Å². The van der Waals surface area contributed by atoms with Crippen molar-refractivity contribution in [3.8, 4) is 12.3 Å². The van der Waals surface area contributed by atoms with Crippen molar-refractivity contribution in [1.29, 1.82) is 0 Å². The Morgan fingerprint density at radius 3 is 3.07 bits per heavy atom. The molecule has 0 aromatic heterocycles. The molecular formula is C11H17NO2. The minimum Gasteiger partial charge on any atom is -0.368 e. The van der Waals surface area contributed by atoms with Crippen molar-refractivity contribution in [2.45, 2.75) is 32.3 Å². The zero-order valence-corrected chi connectivity index (χ0v) is 8.58. The van der Waals surface area contributed by atoms with Crippen LogP contribution in [0.5, 0.6) is 0 Å². The Bertz CT molecular complexity index is 232. The molecule has 2 atom stereocenters. The third-order valence-corrected chi connectivity index (χ3v) is 2.44. The van der Waals surface area contributed by atoms with E-state index in [1.54, 1.807) is 0 Å². The Hall–Kier alpha value is -1.01. The summed E-state index contributed by atoms with van der Waals surface area (Å²) >= 11 is 0. The molecule has 0 saturated carbocycles. The standard InChI is InChI=1S/C11H17NO2/c1-3-4-5-7-12-11(13)10-9(2)6-8-14-10/h1,9-10H,4-8H2,2H3,(H,12,13). The zero-order valence-electron chi connectivity index (χ0n) is 8.58. The number of nitrogens with one attached hydrogen (secondary N) is 1. The Kier molecular flexibility index (Phi) is 4.48. The average Bonchev–Trinajstić information content (AvgIpc) is 2.59. The fraction of sp³-hybridized carbons (Fsp3) is 0.727. The normalized spacial score (nSPS) is 25.7. The lowest BCUT2D eigenvalue weighted by atomic mass is 10.0. The molecule has 1 aliphatic rings. The van der Waals surface area contributed by atoms with E-state index in [0.29, 0.717) is 25.5 Å². The van der Waals surface area contributed by atoms with Crippen LogP contribution in [0, 0.1) is 18.3 Å². The van der Waals surface area contributed by atoms with Crippen molar-refractivity contribution >= 4 is 5.91 Å². The van der Waals surface area contributed by atoms with Crippen molar-refractivity contribution in [2.24, 2.45) is 5.92 Å². The molecular weight excluding hydrogens is 178 g/mol. The van der Waals surface area contributed by atoms with Crippen molar-refractivity contribution in [3.05, 3.63) is 0 Å². The molecule has 2 unspecified atom stereocenters. The van der Waals surface area contributed by atoms with Gasteiger partial charge in [0.1, 0.15) is 6.10 Å². The number of unbranched alkanes of at least 4 members (excludes halogenated alkanes) is 1. The summed E-state index contributed by atoms with van der Waals surface area (Å²) in [6.45, 7) is 3.39. The van der Waals surface area contributed by atoms with Crippen molar-refractivity contribution in [3.63, 3.8) is 0 Å². The van der Waals surface area contributed by atoms with Gasteiger partial charge in [0.15, 0.2) is 0 Å². The van der Waals surface area contributed by atoms with Crippen LogP contribution in [0.1, 0.15) is 26.2 Å². The number of terminal acetylenes is 1. The average molecular weight is 195 g/mol. The van der Waals surface area contributed by atoms with Crippen LogP contribution in [0.2, 0.25) is 0 Å². The highest BCUT2D eigenvalue weighted by Crippen LogP contribution is 2.19. The summed E-state index contributed by atoms with van der Waals surface area (Å²) in [6.07, 6.45) is 7.37. The van der Waals surface area contributed by atoms with E-state index in [-0.39, 0.29) is 12.0 Å². The van der Waals surface area contributed by atoms with Gasteiger partial charge in [-0.3, -0.25) is 4.79 Å². The first kappa shape index (κ1) is 11.1. The molecule has 1 saturated heterocycles. The Morgan fingerprint density at radius 1 is 1.71 bits per heavy atom. The fourth-order valence-corrected chi connectivity index (χ4v) is 1.53. The molecule has 1 amide bonds. The van der Waals surface area contributed by atoms with E-state index < -0.39 is 0 Å². The van der Waals surface area contributed by atoms with E-state index in [2.05, 4.69) is 11.2 Å². The van der Waals surface area contributed by atoms with E-state index in [1.807, 2.05) is 6.92 Å². The summed E-state index contributed by atoms with van der Waals surface area (Å²) in [4.78, 5) is 11.5. The van der Waals surface area contributed by atoms with Gasteiger partial charge in [0.25, 0.3) is 0 Å². The maximum Gasteiger partial charge on any atom is 0.249 e. The van der Waals surface area contributed by atoms with Gasteiger partial charge < -0.3 is 10.1 Å². The molecule has 14 heavy (non-hydrogen) atoms. The van der Waals surface area contributed by atoms with Gasteiger partial charge in [-0.2, -0.15) is 0 Å². The largest absolute Gasteiger partial charge is 0.368 e. The quantitative estimate of drug-likeness (QED) is 0.535. The first-order valence-electron chi connectivity index (χ1n) is 5.08. The number of amides is 1. The number of ether oxygens (including phenoxy) is 1. The number of hydrogen-bond donors (Lipinski definition) is 1. The van der Waals surface area contributed by atoms with Gasteiger partial charge >= 0.3 is 0 Å². The molecule has 0 spiro atoms. The first-order chi connectivity index (χ1) is 6.75. The van der Waals surface area contributed by atoms with E-state index in [4.69, 9.17) is 11.2 Å². The summed E-state index contributed by atoms with van der Waals surface area (Å²) in [7, 11) is 0.